The molecular weight excluding hydrogens is 314 g/mol. The highest BCUT2D eigenvalue weighted by Gasteiger charge is 2.19. The number of nitrogens with one attached hydrogen (secondary N) is 1. The zero-order valence-electron chi connectivity index (χ0n) is 11.1. The van der Waals surface area contributed by atoms with E-state index < -0.39 is 10.8 Å². The lowest BCUT2D eigenvalue weighted by Gasteiger charge is -2.06. The van der Waals surface area contributed by atoms with Crippen molar-refractivity contribution in [1.82, 2.24) is 5.32 Å². The molecule has 6 nitrogen and oxygen atoms in total. The highest BCUT2D eigenvalue weighted by Crippen LogP contribution is 2.30. The number of hydrogen-bond donors (Lipinski definition) is 2. The zero-order chi connectivity index (χ0) is 15.6. The van der Waals surface area contributed by atoms with E-state index in [1.54, 1.807) is 11.3 Å². The molecule has 0 spiro atoms. The largest absolute Gasteiger partial charge is 0.392 e. The molecule has 0 fully saturated rings. The number of benzene rings is 1. The van der Waals surface area contributed by atoms with Gasteiger partial charge in [0.2, 0.25) is 0 Å². The van der Waals surface area contributed by atoms with E-state index in [9.17, 15) is 14.9 Å². The van der Waals surface area contributed by atoms with Gasteiger partial charge in [-0.3, -0.25) is 14.9 Å². The van der Waals surface area contributed by atoms with Crippen molar-refractivity contribution in [3.63, 3.8) is 0 Å². The number of amides is 1. The van der Waals surface area contributed by atoms with Crippen molar-refractivity contribution in [2.75, 3.05) is 5.73 Å². The van der Waals surface area contributed by atoms with Crippen LogP contribution in [-0.2, 0) is 6.54 Å². The third-order valence-corrected chi connectivity index (χ3v) is 4.10. The quantitative estimate of drug-likeness (QED) is 0.512. The number of carbonyl (C=O) groups is 1. The number of halogens is 1. The average molecular weight is 326 g/mol. The SMILES string of the molecule is Cc1ccc(CNC(=O)c2cc(Cl)c(N)c([N+](=O)[O-])c2)s1. The molecule has 1 aromatic carbocycles. The van der Waals surface area contributed by atoms with Crippen molar-refractivity contribution in [2.24, 2.45) is 0 Å². The standard InChI is InChI=1S/C13H12ClN3O3S/c1-7-2-3-9(21-7)6-16-13(18)8-4-10(14)12(15)11(5-8)17(19)20/h2-5H,6,15H2,1H3,(H,16,18). The number of nitrogen functional groups attached to an aromatic ring is 1. The second-order valence-corrected chi connectivity index (χ2v) is 6.12. The fourth-order valence-electron chi connectivity index (χ4n) is 1.74. The van der Waals surface area contributed by atoms with Crippen LogP contribution in [-0.4, -0.2) is 10.8 Å². The summed E-state index contributed by atoms with van der Waals surface area (Å²) in [5.41, 5.74) is 5.10. The molecule has 0 aliphatic heterocycles. The molecule has 1 amide bonds. The van der Waals surface area contributed by atoms with Crippen molar-refractivity contribution >= 4 is 40.2 Å². The number of nitro groups is 1. The van der Waals surface area contributed by atoms with Crippen molar-refractivity contribution in [3.8, 4) is 0 Å². The number of rotatable bonds is 4. The Morgan fingerprint density at radius 1 is 1.48 bits per heavy atom. The van der Waals surface area contributed by atoms with Gasteiger partial charge in [-0.25, -0.2) is 0 Å². The van der Waals surface area contributed by atoms with Gasteiger partial charge in [-0.15, -0.1) is 11.3 Å². The van der Waals surface area contributed by atoms with Crippen LogP contribution in [0.15, 0.2) is 24.3 Å². The Bertz CT molecular complexity index is 715. The summed E-state index contributed by atoms with van der Waals surface area (Å²) in [5, 5.41) is 13.5. The summed E-state index contributed by atoms with van der Waals surface area (Å²) in [6.07, 6.45) is 0. The fraction of sp³-hybridized carbons (Fsp3) is 0.154. The first-order valence-electron chi connectivity index (χ1n) is 5.95. The molecule has 0 unspecified atom stereocenters. The van der Waals surface area contributed by atoms with E-state index in [-0.39, 0.29) is 22.0 Å². The maximum Gasteiger partial charge on any atom is 0.294 e. The van der Waals surface area contributed by atoms with Gasteiger partial charge < -0.3 is 11.1 Å². The monoisotopic (exact) mass is 325 g/mol. The van der Waals surface area contributed by atoms with E-state index in [2.05, 4.69) is 5.32 Å². The number of nitro benzene ring substituents is 1. The third-order valence-electron chi connectivity index (χ3n) is 2.79. The molecule has 0 radical (unpaired) electrons. The van der Waals surface area contributed by atoms with Crippen LogP contribution in [0.2, 0.25) is 5.02 Å². The molecule has 0 atom stereocenters. The Morgan fingerprint density at radius 2 is 2.19 bits per heavy atom. The Kier molecular flexibility index (Phi) is 4.44. The van der Waals surface area contributed by atoms with E-state index >= 15 is 0 Å². The predicted octanol–water partition coefficient (Wildman–Crippen LogP) is 3.13. The zero-order valence-corrected chi connectivity index (χ0v) is 12.6. The molecule has 110 valence electrons. The van der Waals surface area contributed by atoms with Gasteiger partial charge in [0.1, 0.15) is 5.69 Å². The molecule has 21 heavy (non-hydrogen) atoms. The van der Waals surface area contributed by atoms with Crippen LogP contribution in [0.5, 0.6) is 0 Å². The molecule has 2 aromatic rings. The maximum absolute atomic E-state index is 12.0. The van der Waals surface area contributed by atoms with Crippen LogP contribution in [0.25, 0.3) is 0 Å². The molecule has 1 heterocycles. The first-order valence-corrected chi connectivity index (χ1v) is 7.15. The summed E-state index contributed by atoms with van der Waals surface area (Å²) in [6.45, 7) is 2.33. The number of nitrogens with two attached hydrogens (primary N) is 1. The fourth-order valence-corrected chi connectivity index (χ4v) is 2.78. The average Bonchev–Trinajstić information content (AvgIpc) is 2.84. The van der Waals surface area contributed by atoms with Gasteiger partial charge in [-0.2, -0.15) is 0 Å². The molecule has 3 N–H and O–H groups in total. The Hall–Kier alpha value is -2.12. The van der Waals surface area contributed by atoms with Gasteiger partial charge in [0, 0.05) is 21.4 Å². The molecule has 0 saturated carbocycles. The molecule has 2 rings (SSSR count). The highest BCUT2D eigenvalue weighted by molar-refractivity contribution is 7.11. The van der Waals surface area contributed by atoms with Crippen LogP contribution < -0.4 is 11.1 Å². The number of nitrogens with zero attached hydrogens (tertiary/aromatic N) is 1. The lowest BCUT2D eigenvalue weighted by atomic mass is 10.1. The molecule has 8 heteroatoms. The summed E-state index contributed by atoms with van der Waals surface area (Å²) < 4.78 is 0. The van der Waals surface area contributed by atoms with Gasteiger partial charge in [-0.05, 0) is 25.1 Å². The Labute approximate surface area is 129 Å². The first-order chi connectivity index (χ1) is 9.88. The molecule has 0 saturated heterocycles. The topological polar surface area (TPSA) is 98.3 Å². The van der Waals surface area contributed by atoms with E-state index in [0.717, 1.165) is 15.8 Å². The summed E-state index contributed by atoms with van der Waals surface area (Å²) in [7, 11) is 0. The Morgan fingerprint density at radius 3 is 2.76 bits per heavy atom. The van der Waals surface area contributed by atoms with Crippen molar-refractivity contribution in [2.45, 2.75) is 13.5 Å². The third kappa shape index (κ3) is 3.50. The van der Waals surface area contributed by atoms with Crippen LogP contribution in [0.3, 0.4) is 0 Å². The van der Waals surface area contributed by atoms with Gasteiger partial charge in [0.15, 0.2) is 0 Å². The second-order valence-electron chi connectivity index (χ2n) is 4.34. The molecular formula is C13H12ClN3O3S. The Balaban J connectivity index is 2.17. The van der Waals surface area contributed by atoms with Crippen LogP contribution >= 0.6 is 22.9 Å². The predicted molar refractivity (Wildman–Crippen MR) is 82.7 cm³/mol. The first kappa shape index (κ1) is 15.3. The smallest absolute Gasteiger partial charge is 0.294 e. The van der Waals surface area contributed by atoms with E-state index in [4.69, 9.17) is 17.3 Å². The molecule has 0 aliphatic rings. The van der Waals surface area contributed by atoms with Crippen LogP contribution in [0.1, 0.15) is 20.1 Å². The van der Waals surface area contributed by atoms with Crippen molar-refractivity contribution in [1.29, 1.82) is 0 Å². The molecule has 1 aromatic heterocycles. The maximum atomic E-state index is 12.0. The number of anilines is 1. The van der Waals surface area contributed by atoms with Gasteiger partial charge >= 0.3 is 0 Å². The van der Waals surface area contributed by atoms with E-state index in [0.29, 0.717) is 6.54 Å². The minimum absolute atomic E-state index is 0.0127. The van der Waals surface area contributed by atoms with Crippen LogP contribution in [0, 0.1) is 17.0 Å². The van der Waals surface area contributed by atoms with Gasteiger partial charge in [-0.1, -0.05) is 11.6 Å². The minimum atomic E-state index is -0.666. The number of thiophene rings is 1. The summed E-state index contributed by atoms with van der Waals surface area (Å²) in [6, 6.07) is 6.31. The lowest BCUT2D eigenvalue weighted by molar-refractivity contribution is -0.383. The second kappa shape index (κ2) is 6.11. The molecule has 0 aliphatic carbocycles. The van der Waals surface area contributed by atoms with Crippen molar-refractivity contribution in [3.05, 3.63) is 54.7 Å². The highest BCUT2D eigenvalue weighted by atomic mass is 35.5. The lowest BCUT2D eigenvalue weighted by Crippen LogP contribution is -2.22. The normalized spacial score (nSPS) is 10.4. The number of hydrogen-bond acceptors (Lipinski definition) is 5. The van der Waals surface area contributed by atoms with Gasteiger partial charge in [0.05, 0.1) is 16.5 Å². The minimum Gasteiger partial charge on any atom is -0.392 e. The number of carbonyl (C=O) groups excluding carboxylic acids is 1. The molecule has 0 bridgehead atoms. The number of aryl methyl sites for hydroxylation is 1. The van der Waals surface area contributed by atoms with E-state index in [1.807, 2.05) is 19.1 Å². The van der Waals surface area contributed by atoms with E-state index in [1.165, 1.54) is 6.07 Å². The summed E-state index contributed by atoms with van der Waals surface area (Å²) in [5.74, 6) is -0.439. The van der Waals surface area contributed by atoms with Gasteiger partial charge in [0.25, 0.3) is 11.6 Å². The van der Waals surface area contributed by atoms with Crippen LogP contribution in [0.4, 0.5) is 11.4 Å². The summed E-state index contributed by atoms with van der Waals surface area (Å²) >= 11 is 7.39. The van der Waals surface area contributed by atoms with Crippen molar-refractivity contribution < 1.29 is 9.72 Å². The summed E-state index contributed by atoms with van der Waals surface area (Å²) in [4.78, 5) is 24.4.